The molecule has 39 heavy (non-hydrogen) atoms. The van der Waals surface area contributed by atoms with Crippen LogP contribution in [0.15, 0.2) is 12.7 Å². The van der Waals surface area contributed by atoms with Crippen molar-refractivity contribution in [2.24, 2.45) is 16.9 Å². The van der Waals surface area contributed by atoms with Gasteiger partial charge in [0.2, 0.25) is 0 Å². The monoisotopic (exact) mass is 555 g/mol. The van der Waals surface area contributed by atoms with E-state index >= 15 is 0 Å². The van der Waals surface area contributed by atoms with Gasteiger partial charge in [-0.3, -0.25) is 4.79 Å². The zero-order chi connectivity index (χ0) is 30.7. The second-order valence-electron chi connectivity index (χ2n) is 10.1. The first-order chi connectivity index (χ1) is 18.3. The number of aromatic nitrogens is 4. The van der Waals surface area contributed by atoms with Crippen LogP contribution in [0.1, 0.15) is 88.5 Å². The largest absolute Gasteiger partial charge is 0.480 e. The zero-order valence-electron chi connectivity index (χ0n) is 25.4. The van der Waals surface area contributed by atoms with Crippen LogP contribution in [-0.4, -0.2) is 77.3 Å². The summed E-state index contributed by atoms with van der Waals surface area (Å²) in [4.78, 5) is 23.5. The normalized spacial score (nSPS) is 22.4. The van der Waals surface area contributed by atoms with Gasteiger partial charge in [-0.15, -0.1) is 0 Å². The molecule has 226 valence electrons. The number of nitrogens with zero attached hydrogens (tertiary/aromatic N) is 4. The van der Waals surface area contributed by atoms with Crippen LogP contribution in [0.25, 0.3) is 11.2 Å². The van der Waals surface area contributed by atoms with Gasteiger partial charge in [0.15, 0.2) is 11.5 Å². The number of anilines is 1. The second kappa shape index (κ2) is 16.0. The van der Waals surface area contributed by atoms with Gasteiger partial charge in [0, 0.05) is 6.04 Å². The first kappa shape index (κ1) is 36.6. The van der Waals surface area contributed by atoms with E-state index in [1.807, 2.05) is 69.2 Å². The second-order valence-corrected chi connectivity index (χ2v) is 10.1. The van der Waals surface area contributed by atoms with Crippen molar-refractivity contribution in [3.05, 3.63) is 12.7 Å². The molecule has 0 aliphatic carbocycles. The summed E-state index contributed by atoms with van der Waals surface area (Å²) in [6.07, 6.45) is 0.193. The van der Waals surface area contributed by atoms with Gasteiger partial charge in [-0.2, -0.15) is 0 Å². The fourth-order valence-electron chi connectivity index (χ4n) is 4.46. The van der Waals surface area contributed by atoms with Gasteiger partial charge in [0.1, 0.15) is 36.2 Å². The Bertz CT molecular complexity index is 998. The lowest BCUT2D eigenvalue weighted by atomic mass is 9.76. The van der Waals surface area contributed by atoms with E-state index in [0.717, 1.165) is 0 Å². The predicted molar refractivity (Wildman–Crippen MR) is 155 cm³/mol. The Kier molecular flexibility index (Phi) is 15.0. The summed E-state index contributed by atoms with van der Waals surface area (Å²) >= 11 is 0. The molecule has 12 heteroatoms. The lowest BCUT2D eigenvalue weighted by molar-refractivity contribution is -0.138. The van der Waals surface area contributed by atoms with Crippen LogP contribution < -0.4 is 17.2 Å². The molecule has 0 unspecified atom stereocenters. The van der Waals surface area contributed by atoms with Crippen molar-refractivity contribution in [3.8, 4) is 0 Å². The van der Waals surface area contributed by atoms with E-state index in [2.05, 4.69) is 15.0 Å². The number of carbonyl (C=O) groups is 1. The quantitative estimate of drug-likeness (QED) is 0.265. The van der Waals surface area contributed by atoms with Crippen LogP contribution in [0.5, 0.6) is 0 Å². The summed E-state index contributed by atoms with van der Waals surface area (Å²) in [7, 11) is 0. The van der Waals surface area contributed by atoms with Gasteiger partial charge in [0.05, 0.1) is 18.0 Å². The van der Waals surface area contributed by atoms with Crippen molar-refractivity contribution in [3.63, 3.8) is 0 Å². The Hall–Kier alpha value is -2.38. The van der Waals surface area contributed by atoms with E-state index in [0.29, 0.717) is 24.0 Å². The molecule has 0 aromatic carbocycles. The Morgan fingerprint density at radius 2 is 1.56 bits per heavy atom. The molecule has 1 fully saturated rings. The molecule has 1 aliphatic heterocycles. The van der Waals surface area contributed by atoms with Crippen LogP contribution >= 0.6 is 0 Å². The Morgan fingerprint density at radius 3 is 2.10 bits per heavy atom. The van der Waals surface area contributed by atoms with Crippen molar-refractivity contribution < 1.29 is 24.9 Å². The number of carboxylic acids is 1. The van der Waals surface area contributed by atoms with Crippen molar-refractivity contribution in [2.75, 3.05) is 5.73 Å². The van der Waals surface area contributed by atoms with Crippen LogP contribution in [0, 0.1) is 5.41 Å². The molecule has 0 spiro atoms. The van der Waals surface area contributed by atoms with Crippen LogP contribution in [-0.2, 0) is 15.1 Å². The lowest BCUT2D eigenvalue weighted by Crippen LogP contribution is -2.46. The summed E-state index contributed by atoms with van der Waals surface area (Å²) in [5.41, 5.74) is 17.4. The number of fused-ring (bicyclic) bond motifs is 1. The van der Waals surface area contributed by atoms with Crippen molar-refractivity contribution in [1.29, 1.82) is 0 Å². The lowest BCUT2D eigenvalue weighted by Gasteiger charge is -2.36. The number of ether oxygens (including phenoxy) is 1. The van der Waals surface area contributed by atoms with Crippen molar-refractivity contribution in [2.45, 2.75) is 131 Å². The third kappa shape index (κ3) is 8.55. The SMILES string of the molecule is CC.CC.CC.CC(C)(C[C@H]1O[C@@H](C(C)(C)n2cnc3c(N)ncnc32)[C@H](O)[C@@H]1O)[C@@H](N)CC[C@H](N)C(=O)O. The maximum Gasteiger partial charge on any atom is 0.320 e. The third-order valence-corrected chi connectivity index (χ3v) is 6.88. The van der Waals surface area contributed by atoms with Crippen LogP contribution in [0.3, 0.4) is 0 Å². The molecule has 6 atom stereocenters. The van der Waals surface area contributed by atoms with Gasteiger partial charge in [-0.05, 0) is 38.5 Å². The van der Waals surface area contributed by atoms with Crippen molar-refractivity contribution in [1.82, 2.24) is 19.5 Å². The molecule has 3 heterocycles. The van der Waals surface area contributed by atoms with Gasteiger partial charge < -0.3 is 41.8 Å². The number of hydrogen-bond acceptors (Lipinski definition) is 10. The smallest absolute Gasteiger partial charge is 0.320 e. The molecule has 1 aliphatic rings. The highest BCUT2D eigenvalue weighted by Crippen LogP contribution is 2.40. The maximum atomic E-state index is 11.0. The van der Waals surface area contributed by atoms with E-state index in [1.165, 1.54) is 6.33 Å². The Balaban J connectivity index is 0.00000225. The topological polar surface area (TPSA) is 209 Å². The van der Waals surface area contributed by atoms with Gasteiger partial charge in [-0.1, -0.05) is 55.4 Å². The number of aliphatic hydroxyl groups excluding tert-OH is 2. The third-order valence-electron chi connectivity index (χ3n) is 6.88. The summed E-state index contributed by atoms with van der Waals surface area (Å²) in [6.45, 7) is 19.6. The van der Waals surface area contributed by atoms with Crippen LogP contribution in [0.4, 0.5) is 5.82 Å². The van der Waals surface area contributed by atoms with E-state index in [9.17, 15) is 15.0 Å². The molecule has 9 N–H and O–H groups in total. The van der Waals surface area contributed by atoms with Gasteiger partial charge in [-0.25, -0.2) is 15.0 Å². The molecule has 0 amide bonds. The molecule has 2 aromatic heterocycles. The number of rotatable bonds is 9. The number of nitrogens with two attached hydrogens (primary N) is 3. The van der Waals surface area contributed by atoms with E-state index < -0.39 is 47.4 Å². The number of nitrogen functional groups attached to an aromatic ring is 1. The number of imidazole rings is 1. The minimum Gasteiger partial charge on any atom is -0.480 e. The average molecular weight is 556 g/mol. The average Bonchev–Trinajstić information content (AvgIpc) is 3.49. The number of carboxylic acid groups (broad SMARTS) is 1. The zero-order valence-corrected chi connectivity index (χ0v) is 25.4. The van der Waals surface area contributed by atoms with Gasteiger partial charge in [0.25, 0.3) is 0 Å². The van der Waals surface area contributed by atoms with E-state index in [1.54, 1.807) is 10.9 Å². The van der Waals surface area contributed by atoms with Crippen LogP contribution in [0.2, 0.25) is 0 Å². The summed E-state index contributed by atoms with van der Waals surface area (Å²) in [5, 5.41) is 30.7. The summed E-state index contributed by atoms with van der Waals surface area (Å²) in [6, 6.07) is -1.35. The first-order valence-corrected chi connectivity index (χ1v) is 14.0. The highest BCUT2D eigenvalue weighted by Gasteiger charge is 2.52. The molecule has 2 aromatic rings. The van der Waals surface area contributed by atoms with Crippen molar-refractivity contribution >= 4 is 23.0 Å². The minimum absolute atomic E-state index is 0.241. The van der Waals surface area contributed by atoms with E-state index in [-0.39, 0.29) is 18.3 Å². The molecule has 3 rings (SSSR count). The highest BCUT2D eigenvalue weighted by atomic mass is 16.5. The molecule has 12 nitrogen and oxygen atoms in total. The molecule has 0 bridgehead atoms. The fourth-order valence-corrected chi connectivity index (χ4v) is 4.46. The highest BCUT2D eigenvalue weighted by molar-refractivity contribution is 5.81. The molecular formula is C27H53N7O5. The maximum absolute atomic E-state index is 11.0. The Morgan fingerprint density at radius 1 is 1.00 bits per heavy atom. The van der Waals surface area contributed by atoms with Gasteiger partial charge >= 0.3 is 5.97 Å². The molecule has 1 saturated heterocycles. The standard InChI is InChI=1S/C21H35N7O5.3C2H6/c1-20(2,12(23)6-5-10(22)19(31)32)7-11-14(29)15(30)16(33-11)21(3,4)28-9-27-13-17(24)25-8-26-18(13)28;3*1-2/h8-12,14-16,29-30H,5-7,22-23H2,1-4H3,(H,31,32)(H2,24,25,26);3*1-2H3/t10-,11+,12-,14+,15+,16+;;;/m0.../s1. The number of aliphatic carboxylic acids is 1. The predicted octanol–water partition coefficient (Wildman–Crippen LogP) is 2.65. The van der Waals surface area contributed by atoms with E-state index in [4.69, 9.17) is 27.0 Å². The molecule has 0 radical (unpaired) electrons. The number of hydrogen-bond donors (Lipinski definition) is 6. The Labute approximate surface area is 233 Å². The summed E-state index contributed by atoms with van der Waals surface area (Å²) < 4.78 is 7.96. The summed E-state index contributed by atoms with van der Waals surface area (Å²) in [5.74, 6) is -0.819. The number of aliphatic hydroxyl groups is 2. The minimum atomic E-state index is -1.16. The fraction of sp³-hybridized carbons (Fsp3) is 0.778. The molecular weight excluding hydrogens is 502 g/mol. The first-order valence-electron chi connectivity index (χ1n) is 14.0. The molecule has 0 saturated carbocycles.